The first-order valence-corrected chi connectivity index (χ1v) is 11.6. The summed E-state index contributed by atoms with van der Waals surface area (Å²) < 4.78 is 4.90. The molecule has 6 rings (SSSR count). The van der Waals surface area contributed by atoms with Crippen LogP contribution in [0.3, 0.4) is 0 Å². The van der Waals surface area contributed by atoms with Gasteiger partial charge in [-0.2, -0.15) is 0 Å². The fourth-order valence-corrected chi connectivity index (χ4v) is 7.61. The minimum Gasteiger partial charge on any atom is -0.148 e. The number of hydrogen-bond donors (Lipinski definition) is 0. The molecule has 0 unspecified atom stereocenters. The molecular weight excluding hydrogens is 392 g/mol. The Kier molecular flexibility index (Phi) is 3.84. The standard InChI is InChI=1S/C25H22N2S2/c1-17-7-5-11-21-15-26-13-19-9-3-4-10-20(19)14-27-16-22-12-6-8-18(2)24(22)29-25(26,27)28-23(17)21/h3-12,15-16H,13-14H2,1-2H3/q+2. The summed E-state index contributed by atoms with van der Waals surface area (Å²) in [5.74, 6) is 0. The van der Waals surface area contributed by atoms with Crippen molar-refractivity contribution in [3.05, 3.63) is 94.0 Å². The van der Waals surface area contributed by atoms with Crippen LogP contribution >= 0.6 is 23.5 Å². The molecule has 0 aliphatic carbocycles. The molecule has 0 N–H and O–H groups in total. The molecule has 142 valence electrons. The second-order valence-corrected chi connectivity index (χ2v) is 10.6. The van der Waals surface area contributed by atoms with Crippen molar-refractivity contribution < 1.29 is 9.15 Å². The molecule has 0 amide bonds. The third-order valence-corrected chi connectivity index (χ3v) is 9.56. The van der Waals surface area contributed by atoms with E-state index in [0.29, 0.717) is 0 Å². The van der Waals surface area contributed by atoms with Crippen LogP contribution in [0.15, 0.2) is 70.5 Å². The lowest BCUT2D eigenvalue weighted by atomic mass is 10.1. The van der Waals surface area contributed by atoms with Crippen molar-refractivity contribution in [2.75, 3.05) is 0 Å². The van der Waals surface area contributed by atoms with Crippen molar-refractivity contribution in [2.45, 2.75) is 41.1 Å². The Morgan fingerprint density at radius 2 is 1.14 bits per heavy atom. The Balaban J connectivity index is 1.64. The smallest absolute Gasteiger partial charge is 0.148 e. The molecule has 29 heavy (non-hydrogen) atoms. The van der Waals surface area contributed by atoms with E-state index in [-0.39, 0.29) is 4.33 Å². The van der Waals surface area contributed by atoms with Gasteiger partial charge in [-0.05, 0) is 37.1 Å². The van der Waals surface area contributed by atoms with Gasteiger partial charge in [0.05, 0.1) is 11.1 Å². The van der Waals surface area contributed by atoms with Crippen molar-refractivity contribution >= 4 is 36.0 Å². The summed E-state index contributed by atoms with van der Waals surface area (Å²) in [7, 11) is 0. The van der Waals surface area contributed by atoms with E-state index in [1.54, 1.807) is 0 Å². The Morgan fingerprint density at radius 1 is 0.655 bits per heavy atom. The number of nitrogens with zero attached hydrogens (tertiary/aromatic N) is 2. The van der Waals surface area contributed by atoms with E-state index in [2.05, 4.69) is 96.1 Å². The van der Waals surface area contributed by atoms with Gasteiger partial charge < -0.3 is 0 Å². The Morgan fingerprint density at radius 3 is 1.62 bits per heavy atom. The van der Waals surface area contributed by atoms with Crippen molar-refractivity contribution in [3.8, 4) is 0 Å². The summed E-state index contributed by atoms with van der Waals surface area (Å²) in [5.41, 5.74) is 8.21. The second-order valence-electron chi connectivity index (χ2n) is 8.02. The molecule has 3 aromatic rings. The SMILES string of the molecule is Cc1cccc2c1SC13Sc4c(C)cccc4C=[N+]1Cc1ccccc1C[N+]3=C2. The first kappa shape index (κ1) is 17.5. The predicted molar refractivity (Wildman–Crippen MR) is 122 cm³/mol. The van der Waals surface area contributed by atoms with Gasteiger partial charge in [-0.25, -0.2) is 0 Å². The van der Waals surface area contributed by atoms with Crippen molar-refractivity contribution in [3.63, 3.8) is 0 Å². The number of aryl methyl sites for hydroxylation is 2. The quantitative estimate of drug-likeness (QED) is 0.454. The summed E-state index contributed by atoms with van der Waals surface area (Å²) >= 11 is 4.01. The van der Waals surface area contributed by atoms with Crippen LogP contribution in [0.4, 0.5) is 0 Å². The third kappa shape index (κ3) is 2.59. The first-order chi connectivity index (χ1) is 14.1. The molecule has 0 atom stereocenters. The van der Waals surface area contributed by atoms with E-state index in [1.807, 2.05) is 23.5 Å². The molecule has 0 bridgehead atoms. The molecule has 0 saturated heterocycles. The maximum absolute atomic E-state index is 2.56. The number of hydrogen-bond acceptors (Lipinski definition) is 2. The van der Waals surface area contributed by atoms with Crippen LogP contribution in [0.25, 0.3) is 0 Å². The zero-order valence-corrected chi connectivity index (χ0v) is 18.2. The van der Waals surface area contributed by atoms with Gasteiger partial charge in [-0.15, -0.1) is 9.15 Å². The lowest BCUT2D eigenvalue weighted by Gasteiger charge is -2.31. The van der Waals surface area contributed by atoms with E-state index < -0.39 is 0 Å². The van der Waals surface area contributed by atoms with Gasteiger partial charge in [0.1, 0.15) is 0 Å². The summed E-state index contributed by atoms with van der Waals surface area (Å²) in [5, 5.41) is 0. The molecule has 3 aliphatic rings. The summed E-state index contributed by atoms with van der Waals surface area (Å²) in [4.78, 5) is 2.80. The molecule has 3 aromatic carbocycles. The van der Waals surface area contributed by atoms with E-state index in [1.165, 1.54) is 43.2 Å². The van der Waals surface area contributed by atoms with Gasteiger partial charge >= 0.3 is 4.33 Å². The predicted octanol–water partition coefficient (Wildman–Crippen LogP) is 5.40. The zero-order chi connectivity index (χ0) is 19.6. The summed E-state index contributed by atoms with van der Waals surface area (Å²) in [6, 6.07) is 22.2. The normalized spacial score (nSPS) is 18.1. The topological polar surface area (TPSA) is 6.02 Å². The van der Waals surface area contributed by atoms with Gasteiger partial charge in [0.15, 0.2) is 25.5 Å². The van der Waals surface area contributed by atoms with Crippen LogP contribution in [0.1, 0.15) is 33.4 Å². The van der Waals surface area contributed by atoms with Gasteiger partial charge in [0.25, 0.3) is 0 Å². The average molecular weight is 415 g/mol. The van der Waals surface area contributed by atoms with E-state index in [0.717, 1.165) is 13.1 Å². The molecule has 0 fully saturated rings. The molecule has 3 heterocycles. The third-order valence-electron chi connectivity index (χ3n) is 6.07. The van der Waals surface area contributed by atoms with E-state index >= 15 is 0 Å². The molecule has 0 aromatic heterocycles. The Hall–Kier alpha value is -2.30. The Labute approximate surface area is 180 Å². The Bertz CT molecular complexity index is 1140. The van der Waals surface area contributed by atoms with Crippen molar-refractivity contribution in [1.82, 2.24) is 0 Å². The number of benzene rings is 3. The second kappa shape index (κ2) is 6.35. The lowest BCUT2D eigenvalue weighted by Crippen LogP contribution is -2.49. The molecular formula is C25H22N2S2+2. The molecule has 4 heteroatoms. The molecule has 0 radical (unpaired) electrons. The number of thioether (sulfide) groups is 2. The maximum atomic E-state index is 2.56. The average Bonchev–Trinajstić information content (AvgIpc) is 2.85. The largest absolute Gasteiger partial charge is 0.460 e. The van der Waals surface area contributed by atoms with Crippen molar-refractivity contribution in [1.29, 1.82) is 0 Å². The highest BCUT2D eigenvalue weighted by molar-refractivity contribution is 8.17. The van der Waals surface area contributed by atoms with Crippen LogP contribution in [0, 0.1) is 13.8 Å². The molecule has 1 spiro atoms. The number of rotatable bonds is 0. The van der Waals surface area contributed by atoms with Gasteiger partial charge in [0.2, 0.25) is 0 Å². The lowest BCUT2D eigenvalue weighted by molar-refractivity contribution is -0.772. The number of fused-ring (bicyclic) bond motifs is 3. The maximum Gasteiger partial charge on any atom is 0.460 e. The van der Waals surface area contributed by atoms with Gasteiger partial charge in [-0.3, -0.25) is 0 Å². The van der Waals surface area contributed by atoms with Crippen LogP contribution in [-0.2, 0) is 13.1 Å². The summed E-state index contributed by atoms with van der Waals surface area (Å²) in [6.45, 7) is 6.32. The highest BCUT2D eigenvalue weighted by Gasteiger charge is 2.60. The van der Waals surface area contributed by atoms with Crippen LogP contribution in [0.5, 0.6) is 0 Å². The zero-order valence-electron chi connectivity index (χ0n) is 16.6. The van der Waals surface area contributed by atoms with Crippen LogP contribution < -0.4 is 0 Å². The van der Waals surface area contributed by atoms with Gasteiger partial charge in [0, 0.05) is 44.4 Å². The van der Waals surface area contributed by atoms with Gasteiger partial charge in [-0.1, -0.05) is 48.5 Å². The highest BCUT2D eigenvalue weighted by Crippen LogP contribution is 2.54. The van der Waals surface area contributed by atoms with E-state index in [4.69, 9.17) is 0 Å². The first-order valence-electron chi connectivity index (χ1n) is 10.0. The minimum absolute atomic E-state index is 0.211. The van der Waals surface area contributed by atoms with Crippen molar-refractivity contribution in [2.24, 2.45) is 0 Å². The summed E-state index contributed by atoms with van der Waals surface area (Å²) in [6.07, 6.45) is 4.77. The fraction of sp³-hybridized carbons (Fsp3) is 0.200. The molecule has 2 nitrogen and oxygen atoms in total. The molecule has 0 saturated carbocycles. The van der Waals surface area contributed by atoms with E-state index in [9.17, 15) is 0 Å². The molecule has 3 aliphatic heterocycles. The highest BCUT2D eigenvalue weighted by atomic mass is 32.2. The minimum atomic E-state index is -0.211. The van der Waals surface area contributed by atoms with Crippen LogP contribution in [-0.4, -0.2) is 25.9 Å². The van der Waals surface area contributed by atoms with Crippen LogP contribution in [0.2, 0.25) is 0 Å². The fourth-order valence-electron chi connectivity index (χ4n) is 4.54. The monoisotopic (exact) mass is 414 g/mol.